The number of aromatic nitrogens is 2. The molecule has 0 unspecified atom stereocenters. The predicted molar refractivity (Wildman–Crippen MR) is 112 cm³/mol. The van der Waals surface area contributed by atoms with Crippen molar-refractivity contribution in [2.45, 2.75) is 13.1 Å². The summed E-state index contributed by atoms with van der Waals surface area (Å²) in [6.45, 7) is 1.42. The second-order valence-electron chi connectivity index (χ2n) is 6.69. The lowest BCUT2D eigenvalue weighted by Gasteiger charge is -2.14. The first-order valence-corrected chi connectivity index (χ1v) is 9.11. The van der Waals surface area contributed by atoms with E-state index in [1.807, 2.05) is 36.4 Å². The van der Waals surface area contributed by atoms with Crippen molar-refractivity contribution in [3.63, 3.8) is 0 Å². The Morgan fingerprint density at radius 1 is 0.964 bits per heavy atom. The minimum absolute atomic E-state index is 0.586. The summed E-state index contributed by atoms with van der Waals surface area (Å²) in [5.41, 5.74) is 3.26. The average molecular weight is 378 g/mol. The number of nitrogens with one attached hydrogen (secondary N) is 1. The number of nitrogens with zero attached hydrogens (tertiary/aromatic N) is 3. The number of hydrogen-bond acceptors (Lipinski definition) is 6. The van der Waals surface area contributed by atoms with Crippen LogP contribution in [0.5, 0.6) is 11.5 Å². The monoisotopic (exact) mass is 378 g/mol. The van der Waals surface area contributed by atoms with Gasteiger partial charge in [0.15, 0.2) is 5.82 Å². The number of anilines is 1. The first-order valence-electron chi connectivity index (χ1n) is 9.11. The van der Waals surface area contributed by atoms with Crippen LogP contribution in [0.1, 0.15) is 11.1 Å². The van der Waals surface area contributed by atoms with Crippen molar-refractivity contribution in [3.05, 3.63) is 65.9 Å². The van der Waals surface area contributed by atoms with E-state index in [0.717, 1.165) is 35.0 Å². The molecular formula is C22H26N4O2. The molecule has 6 heteroatoms. The van der Waals surface area contributed by atoms with Gasteiger partial charge in [0.2, 0.25) is 0 Å². The third-order valence-corrected chi connectivity index (χ3v) is 4.35. The first kappa shape index (κ1) is 19.6. The van der Waals surface area contributed by atoms with E-state index in [1.165, 1.54) is 5.56 Å². The van der Waals surface area contributed by atoms with Gasteiger partial charge in [-0.15, -0.1) is 0 Å². The van der Waals surface area contributed by atoms with Crippen LogP contribution in [0.3, 0.4) is 0 Å². The molecule has 1 aromatic heterocycles. The highest BCUT2D eigenvalue weighted by atomic mass is 16.5. The largest absolute Gasteiger partial charge is 0.497 e. The molecular weight excluding hydrogens is 352 g/mol. The van der Waals surface area contributed by atoms with Crippen LogP contribution in [0.15, 0.2) is 54.7 Å². The Balaban J connectivity index is 1.80. The van der Waals surface area contributed by atoms with Crippen molar-refractivity contribution < 1.29 is 9.47 Å². The second-order valence-corrected chi connectivity index (χ2v) is 6.69. The lowest BCUT2D eigenvalue weighted by Crippen LogP contribution is -2.12. The van der Waals surface area contributed by atoms with E-state index in [4.69, 9.17) is 14.5 Å². The minimum atomic E-state index is 0.586. The van der Waals surface area contributed by atoms with Crippen molar-refractivity contribution >= 4 is 5.82 Å². The molecule has 0 atom stereocenters. The topological polar surface area (TPSA) is 59.5 Å². The van der Waals surface area contributed by atoms with E-state index in [0.29, 0.717) is 12.4 Å². The number of benzene rings is 2. The van der Waals surface area contributed by atoms with Crippen LogP contribution < -0.4 is 14.8 Å². The van der Waals surface area contributed by atoms with Crippen LogP contribution in [0.25, 0.3) is 11.4 Å². The third kappa shape index (κ3) is 4.78. The summed E-state index contributed by atoms with van der Waals surface area (Å²) in [6, 6.07) is 15.9. The van der Waals surface area contributed by atoms with E-state index in [2.05, 4.69) is 41.4 Å². The summed E-state index contributed by atoms with van der Waals surface area (Å²) < 4.78 is 10.7. The lowest BCUT2D eigenvalue weighted by molar-refractivity contribution is 0.391. The fourth-order valence-electron chi connectivity index (χ4n) is 2.99. The molecule has 0 saturated heterocycles. The Morgan fingerprint density at radius 2 is 1.79 bits per heavy atom. The van der Waals surface area contributed by atoms with Crippen molar-refractivity contribution in [2.75, 3.05) is 33.6 Å². The molecule has 1 N–H and O–H groups in total. The van der Waals surface area contributed by atoms with E-state index in [9.17, 15) is 0 Å². The summed E-state index contributed by atoms with van der Waals surface area (Å²) in [7, 11) is 7.40. The molecule has 28 heavy (non-hydrogen) atoms. The van der Waals surface area contributed by atoms with Gasteiger partial charge in [0.25, 0.3) is 0 Å². The highest BCUT2D eigenvalue weighted by molar-refractivity contribution is 5.61. The fraction of sp³-hybridized carbons (Fsp3) is 0.273. The lowest BCUT2D eigenvalue weighted by atomic mass is 10.1. The number of methoxy groups -OCH3 is 2. The minimum Gasteiger partial charge on any atom is -0.497 e. The Kier molecular flexibility index (Phi) is 6.45. The molecule has 0 bridgehead atoms. The summed E-state index contributed by atoms with van der Waals surface area (Å²) in [5, 5.41) is 3.36. The molecule has 0 amide bonds. The van der Waals surface area contributed by atoms with Gasteiger partial charge in [-0.1, -0.05) is 24.3 Å². The molecule has 3 aromatic rings. The molecule has 0 radical (unpaired) electrons. The predicted octanol–water partition coefficient (Wildman–Crippen LogP) is 3.83. The van der Waals surface area contributed by atoms with Crippen LogP contribution in [0.4, 0.5) is 5.82 Å². The molecule has 1 heterocycles. The zero-order valence-electron chi connectivity index (χ0n) is 16.8. The van der Waals surface area contributed by atoms with E-state index in [1.54, 1.807) is 20.4 Å². The van der Waals surface area contributed by atoms with Gasteiger partial charge in [0, 0.05) is 36.5 Å². The highest BCUT2D eigenvalue weighted by Crippen LogP contribution is 2.26. The molecule has 0 saturated carbocycles. The normalized spacial score (nSPS) is 10.8. The third-order valence-electron chi connectivity index (χ3n) is 4.35. The van der Waals surface area contributed by atoms with Gasteiger partial charge in [-0.2, -0.15) is 0 Å². The van der Waals surface area contributed by atoms with Crippen LogP contribution in [-0.4, -0.2) is 43.2 Å². The van der Waals surface area contributed by atoms with Gasteiger partial charge < -0.3 is 19.7 Å². The van der Waals surface area contributed by atoms with Crippen LogP contribution in [0.2, 0.25) is 0 Å². The number of rotatable bonds is 8. The molecule has 0 aliphatic rings. The zero-order valence-corrected chi connectivity index (χ0v) is 16.8. The number of ether oxygens (including phenoxy) is 2. The maximum atomic E-state index is 5.46. The van der Waals surface area contributed by atoms with Gasteiger partial charge in [-0.3, -0.25) is 0 Å². The van der Waals surface area contributed by atoms with E-state index in [-0.39, 0.29) is 0 Å². The fourth-order valence-corrected chi connectivity index (χ4v) is 2.99. The van der Waals surface area contributed by atoms with Crippen LogP contribution in [-0.2, 0) is 13.1 Å². The Bertz CT molecular complexity index is 928. The van der Waals surface area contributed by atoms with Crippen molar-refractivity contribution in [1.82, 2.24) is 14.9 Å². The summed E-state index contributed by atoms with van der Waals surface area (Å²) in [6.07, 6.45) is 1.78. The molecule has 0 aliphatic heterocycles. The Hall–Kier alpha value is -3.12. The SMILES string of the molecule is COc1ccc(CNc2ccnc(-c3ccccc3CN(C)C)n2)c(OC)c1. The summed E-state index contributed by atoms with van der Waals surface area (Å²) in [5.74, 6) is 3.02. The molecule has 6 nitrogen and oxygen atoms in total. The molecule has 146 valence electrons. The summed E-state index contributed by atoms with van der Waals surface area (Å²) in [4.78, 5) is 11.3. The van der Waals surface area contributed by atoms with Crippen molar-refractivity contribution in [2.24, 2.45) is 0 Å². The molecule has 0 spiro atoms. The molecule has 0 fully saturated rings. The van der Waals surface area contributed by atoms with Gasteiger partial charge in [-0.05, 0) is 37.9 Å². The quantitative estimate of drug-likeness (QED) is 0.643. The molecule has 2 aromatic carbocycles. The average Bonchev–Trinajstić information content (AvgIpc) is 2.72. The van der Waals surface area contributed by atoms with Gasteiger partial charge in [0.05, 0.1) is 14.2 Å². The van der Waals surface area contributed by atoms with E-state index >= 15 is 0 Å². The van der Waals surface area contributed by atoms with Crippen LogP contribution >= 0.6 is 0 Å². The van der Waals surface area contributed by atoms with Crippen molar-refractivity contribution in [1.29, 1.82) is 0 Å². The standard InChI is InChI=1S/C22H26N4O2/c1-26(2)15-17-7-5-6-8-19(17)22-23-12-11-21(25-22)24-14-16-9-10-18(27-3)13-20(16)28-4/h5-13H,14-15H2,1-4H3,(H,23,24,25). The Morgan fingerprint density at radius 3 is 2.54 bits per heavy atom. The van der Waals surface area contributed by atoms with Crippen molar-refractivity contribution in [3.8, 4) is 22.9 Å². The first-order chi connectivity index (χ1) is 13.6. The second kappa shape index (κ2) is 9.19. The maximum absolute atomic E-state index is 5.46. The molecule has 3 rings (SSSR count). The zero-order chi connectivity index (χ0) is 19.9. The van der Waals surface area contributed by atoms with Gasteiger partial charge >= 0.3 is 0 Å². The van der Waals surface area contributed by atoms with E-state index < -0.39 is 0 Å². The maximum Gasteiger partial charge on any atom is 0.161 e. The van der Waals surface area contributed by atoms with Gasteiger partial charge in [-0.25, -0.2) is 9.97 Å². The Labute approximate surface area is 166 Å². The highest BCUT2D eigenvalue weighted by Gasteiger charge is 2.10. The van der Waals surface area contributed by atoms with Gasteiger partial charge in [0.1, 0.15) is 17.3 Å². The number of hydrogen-bond donors (Lipinski definition) is 1. The smallest absolute Gasteiger partial charge is 0.161 e. The summed E-state index contributed by atoms with van der Waals surface area (Å²) >= 11 is 0. The molecule has 0 aliphatic carbocycles. The van der Waals surface area contributed by atoms with Crippen LogP contribution in [0, 0.1) is 0 Å².